The third-order valence-electron chi connectivity index (χ3n) is 6.99. The Bertz CT molecular complexity index is 1630. The number of aromatic nitrogens is 3. The fourth-order valence-electron chi connectivity index (χ4n) is 4.95. The van der Waals surface area contributed by atoms with Gasteiger partial charge in [-0.1, -0.05) is 12.1 Å². The molecule has 2 aromatic heterocycles. The number of hydrogen-bond acceptors (Lipinski definition) is 7. The standard InChI is InChI=1S/C26H28F2N6O3S/c1-15-11-22(19(27)12-21(15)37-3)38(35,36)32-20-6-4-5-17(24(20)28)18-13-34(16-7-9-33(2)10-8-16)26-23(18)25(29)30-14-31-26/h4-6,11-14,16,32H,7-10H2,1-3H3,(H2,29,30,31). The second kappa shape index (κ2) is 9.84. The molecule has 1 saturated heterocycles. The van der Waals surface area contributed by atoms with Crippen LogP contribution in [0.15, 0.2) is 47.8 Å². The molecule has 9 nitrogen and oxygen atoms in total. The number of methoxy groups -OCH3 is 1. The Morgan fingerprint density at radius 3 is 2.58 bits per heavy atom. The fourth-order valence-corrected chi connectivity index (χ4v) is 6.15. The highest BCUT2D eigenvalue weighted by Crippen LogP contribution is 2.39. The summed E-state index contributed by atoms with van der Waals surface area (Å²) < 4.78 is 66.0. The number of hydrogen-bond donors (Lipinski definition) is 2. The summed E-state index contributed by atoms with van der Waals surface area (Å²) in [6, 6.07) is 6.60. The highest BCUT2D eigenvalue weighted by atomic mass is 32.2. The van der Waals surface area contributed by atoms with Crippen molar-refractivity contribution in [2.24, 2.45) is 0 Å². The zero-order valence-electron chi connectivity index (χ0n) is 21.2. The van der Waals surface area contributed by atoms with Crippen molar-refractivity contribution < 1.29 is 21.9 Å². The van der Waals surface area contributed by atoms with Gasteiger partial charge in [0, 0.05) is 29.4 Å². The van der Waals surface area contributed by atoms with E-state index in [1.165, 1.54) is 31.6 Å². The van der Waals surface area contributed by atoms with E-state index in [2.05, 4.69) is 26.6 Å². The van der Waals surface area contributed by atoms with Crippen LogP contribution in [-0.2, 0) is 10.0 Å². The minimum absolute atomic E-state index is 0.120. The second-order valence-corrected chi connectivity index (χ2v) is 11.1. The lowest BCUT2D eigenvalue weighted by Gasteiger charge is -2.30. The van der Waals surface area contributed by atoms with Gasteiger partial charge in [0.05, 0.1) is 18.2 Å². The maximum atomic E-state index is 15.9. The number of ether oxygens (including phenoxy) is 1. The first-order chi connectivity index (χ1) is 18.1. The predicted octanol–water partition coefficient (Wildman–Crippen LogP) is 4.34. The first-order valence-corrected chi connectivity index (χ1v) is 13.5. The van der Waals surface area contributed by atoms with Crippen LogP contribution in [0.1, 0.15) is 24.4 Å². The van der Waals surface area contributed by atoms with Crippen molar-refractivity contribution in [1.29, 1.82) is 0 Å². The fraction of sp³-hybridized carbons (Fsp3) is 0.308. The Morgan fingerprint density at radius 1 is 1.13 bits per heavy atom. The van der Waals surface area contributed by atoms with Crippen LogP contribution in [0.4, 0.5) is 20.3 Å². The summed E-state index contributed by atoms with van der Waals surface area (Å²) >= 11 is 0. The van der Waals surface area contributed by atoms with Crippen molar-refractivity contribution in [3.8, 4) is 16.9 Å². The van der Waals surface area contributed by atoms with Crippen LogP contribution in [0.2, 0.25) is 0 Å². The van der Waals surface area contributed by atoms with Gasteiger partial charge in [-0.2, -0.15) is 0 Å². The molecule has 0 amide bonds. The van der Waals surface area contributed by atoms with Crippen molar-refractivity contribution in [2.75, 3.05) is 37.7 Å². The van der Waals surface area contributed by atoms with Crippen LogP contribution in [0.25, 0.3) is 22.2 Å². The van der Waals surface area contributed by atoms with E-state index >= 15 is 4.39 Å². The van der Waals surface area contributed by atoms with Crippen LogP contribution in [0.5, 0.6) is 5.75 Å². The van der Waals surface area contributed by atoms with Gasteiger partial charge in [-0.05, 0) is 57.6 Å². The minimum Gasteiger partial charge on any atom is -0.496 e. The molecule has 0 aliphatic carbocycles. The van der Waals surface area contributed by atoms with Gasteiger partial charge >= 0.3 is 0 Å². The molecule has 12 heteroatoms. The van der Waals surface area contributed by atoms with Gasteiger partial charge in [0.1, 0.15) is 34.3 Å². The van der Waals surface area contributed by atoms with Crippen LogP contribution in [-0.4, -0.2) is 55.1 Å². The zero-order chi connectivity index (χ0) is 27.2. The summed E-state index contributed by atoms with van der Waals surface area (Å²) in [5.74, 6) is -1.44. The van der Waals surface area contributed by atoms with Crippen LogP contribution >= 0.6 is 0 Å². The molecule has 4 aromatic rings. The average Bonchev–Trinajstić information content (AvgIpc) is 3.27. The molecule has 5 rings (SSSR count). The molecule has 200 valence electrons. The summed E-state index contributed by atoms with van der Waals surface area (Å²) in [7, 11) is -1.04. The minimum atomic E-state index is -4.46. The molecular weight excluding hydrogens is 514 g/mol. The quantitative estimate of drug-likeness (QED) is 0.372. The highest BCUT2D eigenvalue weighted by Gasteiger charge is 2.27. The molecule has 0 atom stereocenters. The second-order valence-electron chi connectivity index (χ2n) is 9.47. The maximum Gasteiger partial charge on any atom is 0.264 e. The molecule has 1 aliphatic heterocycles. The molecule has 0 bridgehead atoms. The van der Waals surface area contributed by atoms with Crippen molar-refractivity contribution in [3.05, 3.63) is 60.1 Å². The number of nitrogens with one attached hydrogen (secondary N) is 1. The monoisotopic (exact) mass is 542 g/mol. The maximum absolute atomic E-state index is 15.9. The summed E-state index contributed by atoms with van der Waals surface area (Å²) in [4.78, 5) is 10.2. The van der Waals surface area contributed by atoms with E-state index in [0.717, 1.165) is 38.1 Å². The van der Waals surface area contributed by atoms with Crippen molar-refractivity contribution >= 4 is 32.6 Å². The Kier molecular flexibility index (Phi) is 6.70. The SMILES string of the molecule is COc1cc(F)c(S(=O)(=O)Nc2cccc(-c3cn(C4CCN(C)CC4)c4ncnc(N)c34)c2F)cc1C. The molecule has 0 radical (unpaired) electrons. The van der Waals surface area contributed by atoms with Gasteiger partial charge in [0.25, 0.3) is 10.0 Å². The van der Waals surface area contributed by atoms with Crippen LogP contribution in [0.3, 0.4) is 0 Å². The molecule has 0 unspecified atom stereocenters. The number of anilines is 2. The molecule has 38 heavy (non-hydrogen) atoms. The summed E-state index contributed by atoms with van der Waals surface area (Å²) in [5.41, 5.74) is 7.46. The molecule has 1 aliphatic rings. The van der Waals surface area contributed by atoms with E-state index in [4.69, 9.17) is 10.5 Å². The number of nitrogen functional groups attached to an aromatic ring is 1. The Hall–Kier alpha value is -3.77. The van der Waals surface area contributed by atoms with Crippen LogP contribution < -0.4 is 15.2 Å². The molecule has 3 N–H and O–H groups in total. The summed E-state index contributed by atoms with van der Waals surface area (Å²) in [6.45, 7) is 3.41. The molecule has 3 heterocycles. The molecule has 2 aromatic carbocycles. The normalized spacial score (nSPS) is 15.2. The first-order valence-electron chi connectivity index (χ1n) is 12.1. The number of sulfonamides is 1. The van der Waals surface area contributed by atoms with Gasteiger partial charge in [-0.3, -0.25) is 4.72 Å². The number of fused-ring (bicyclic) bond motifs is 1. The Balaban J connectivity index is 1.58. The summed E-state index contributed by atoms with van der Waals surface area (Å²) in [5, 5.41) is 0.488. The first kappa shape index (κ1) is 25.9. The number of piperidine rings is 1. The van der Waals surface area contributed by atoms with Gasteiger partial charge in [0.15, 0.2) is 5.82 Å². The lowest BCUT2D eigenvalue weighted by Crippen LogP contribution is -2.31. The number of rotatable bonds is 6. The Labute approximate surface area is 219 Å². The predicted molar refractivity (Wildman–Crippen MR) is 142 cm³/mol. The average molecular weight is 543 g/mol. The number of aryl methyl sites for hydroxylation is 1. The van der Waals surface area contributed by atoms with E-state index in [0.29, 0.717) is 22.2 Å². The van der Waals surface area contributed by atoms with Gasteiger partial charge in [0.2, 0.25) is 0 Å². The van der Waals surface area contributed by atoms with E-state index in [9.17, 15) is 12.8 Å². The van der Waals surface area contributed by atoms with Crippen LogP contribution in [0, 0.1) is 18.6 Å². The number of benzene rings is 2. The smallest absolute Gasteiger partial charge is 0.264 e. The third-order valence-corrected chi connectivity index (χ3v) is 8.37. The number of nitrogens with two attached hydrogens (primary N) is 1. The number of nitrogens with zero attached hydrogens (tertiary/aromatic N) is 4. The number of likely N-dealkylation sites (tertiary alicyclic amines) is 1. The zero-order valence-corrected chi connectivity index (χ0v) is 22.0. The van der Waals surface area contributed by atoms with E-state index in [1.54, 1.807) is 13.1 Å². The molecule has 1 fully saturated rings. The number of halogens is 2. The van der Waals surface area contributed by atoms with Gasteiger partial charge in [-0.15, -0.1) is 0 Å². The van der Waals surface area contributed by atoms with Crippen molar-refractivity contribution in [2.45, 2.75) is 30.7 Å². The lowest BCUT2D eigenvalue weighted by atomic mass is 10.0. The molecule has 0 spiro atoms. The van der Waals surface area contributed by atoms with Crippen molar-refractivity contribution in [3.63, 3.8) is 0 Å². The van der Waals surface area contributed by atoms with Gasteiger partial charge < -0.3 is 19.9 Å². The van der Waals surface area contributed by atoms with Crippen molar-refractivity contribution in [1.82, 2.24) is 19.4 Å². The molecule has 0 saturated carbocycles. The lowest BCUT2D eigenvalue weighted by molar-refractivity contribution is 0.224. The summed E-state index contributed by atoms with van der Waals surface area (Å²) in [6.07, 6.45) is 4.95. The largest absolute Gasteiger partial charge is 0.496 e. The van der Waals surface area contributed by atoms with E-state index in [1.807, 2.05) is 4.57 Å². The van der Waals surface area contributed by atoms with E-state index < -0.39 is 26.6 Å². The Morgan fingerprint density at radius 2 is 1.87 bits per heavy atom. The third kappa shape index (κ3) is 4.54. The highest BCUT2D eigenvalue weighted by molar-refractivity contribution is 7.92. The van der Waals surface area contributed by atoms with Gasteiger partial charge in [-0.25, -0.2) is 27.2 Å². The topological polar surface area (TPSA) is 115 Å². The molecular formula is C26H28F2N6O3S. The van der Waals surface area contributed by atoms with E-state index in [-0.39, 0.29) is 28.9 Å².